The van der Waals surface area contributed by atoms with Gasteiger partial charge in [0.25, 0.3) is 0 Å². The van der Waals surface area contributed by atoms with Crippen LogP contribution in [0.2, 0.25) is 5.15 Å². The molecule has 0 bridgehead atoms. The summed E-state index contributed by atoms with van der Waals surface area (Å²) < 4.78 is 5.46. The van der Waals surface area contributed by atoms with Crippen LogP contribution in [0.4, 0.5) is 4.79 Å². The molecule has 0 N–H and O–H groups in total. The first-order valence-corrected chi connectivity index (χ1v) is 7.95. The molecule has 1 aromatic rings. The quantitative estimate of drug-likeness (QED) is 0.783. The third-order valence-electron chi connectivity index (χ3n) is 3.53. The van der Waals surface area contributed by atoms with Gasteiger partial charge in [0.1, 0.15) is 10.8 Å². The summed E-state index contributed by atoms with van der Waals surface area (Å²) in [5, 5.41) is 0.506. The van der Waals surface area contributed by atoms with Crippen molar-refractivity contribution in [1.29, 1.82) is 0 Å². The highest BCUT2D eigenvalue weighted by molar-refractivity contribution is 6.29. The fraction of sp³-hybridized carbons (Fsp3) is 0.625. The molecule has 1 saturated heterocycles. The van der Waals surface area contributed by atoms with Crippen molar-refractivity contribution in [3.63, 3.8) is 0 Å². The van der Waals surface area contributed by atoms with Crippen molar-refractivity contribution in [3.05, 3.63) is 29.0 Å². The van der Waals surface area contributed by atoms with Crippen LogP contribution in [0.3, 0.4) is 0 Å². The number of carbonyl (C=O) groups excluding carboxylic acids is 1. The Morgan fingerprint density at radius 1 is 1.41 bits per heavy atom. The molecule has 2 heterocycles. The van der Waals surface area contributed by atoms with Crippen molar-refractivity contribution in [2.75, 3.05) is 19.6 Å². The van der Waals surface area contributed by atoms with E-state index in [2.05, 4.69) is 16.8 Å². The molecular formula is C16H24ClN3O2. The lowest BCUT2D eigenvalue weighted by molar-refractivity contribution is 0.000551. The van der Waals surface area contributed by atoms with Gasteiger partial charge in [0.15, 0.2) is 0 Å². The molecule has 22 heavy (non-hydrogen) atoms. The molecule has 1 aliphatic rings. The number of nitrogens with zero attached hydrogens (tertiary/aromatic N) is 3. The lowest BCUT2D eigenvalue weighted by Gasteiger charge is -2.40. The topological polar surface area (TPSA) is 45.7 Å². The molecule has 0 aromatic carbocycles. The van der Waals surface area contributed by atoms with Gasteiger partial charge in [-0.1, -0.05) is 17.7 Å². The third-order valence-corrected chi connectivity index (χ3v) is 3.76. The lowest BCUT2D eigenvalue weighted by atomic mass is 10.1. The fourth-order valence-electron chi connectivity index (χ4n) is 2.53. The maximum Gasteiger partial charge on any atom is 0.410 e. The Morgan fingerprint density at radius 2 is 2.14 bits per heavy atom. The smallest absolute Gasteiger partial charge is 0.410 e. The van der Waals surface area contributed by atoms with Gasteiger partial charge < -0.3 is 9.64 Å². The zero-order valence-electron chi connectivity index (χ0n) is 13.7. The molecule has 5 nitrogen and oxygen atoms in total. The number of amides is 1. The van der Waals surface area contributed by atoms with E-state index < -0.39 is 5.60 Å². The van der Waals surface area contributed by atoms with E-state index in [1.165, 1.54) is 0 Å². The van der Waals surface area contributed by atoms with Crippen LogP contribution in [-0.4, -0.2) is 52.2 Å². The number of piperazine rings is 1. The highest BCUT2D eigenvalue weighted by atomic mass is 35.5. The highest BCUT2D eigenvalue weighted by Gasteiger charge is 2.30. The van der Waals surface area contributed by atoms with Crippen LogP contribution < -0.4 is 0 Å². The molecule has 1 fully saturated rings. The van der Waals surface area contributed by atoms with E-state index in [1.54, 1.807) is 12.3 Å². The number of carbonyl (C=O) groups is 1. The average Bonchev–Trinajstić information content (AvgIpc) is 2.39. The minimum atomic E-state index is -0.455. The Morgan fingerprint density at radius 3 is 2.68 bits per heavy atom. The molecule has 0 radical (unpaired) electrons. The molecule has 1 aliphatic heterocycles. The third kappa shape index (κ3) is 4.85. The van der Waals surface area contributed by atoms with Gasteiger partial charge in [0.2, 0.25) is 0 Å². The zero-order valence-corrected chi connectivity index (χ0v) is 14.4. The van der Waals surface area contributed by atoms with E-state index in [-0.39, 0.29) is 12.1 Å². The van der Waals surface area contributed by atoms with Crippen molar-refractivity contribution >= 4 is 17.7 Å². The summed E-state index contributed by atoms with van der Waals surface area (Å²) in [5.74, 6) is 0. The molecule has 0 aliphatic carbocycles. The van der Waals surface area contributed by atoms with Crippen LogP contribution >= 0.6 is 11.6 Å². The SMILES string of the molecule is C[C@@H]1CN(Cc2ccc(Cl)nc2)CCN1C(=O)OC(C)(C)C. The predicted molar refractivity (Wildman–Crippen MR) is 86.9 cm³/mol. The standard InChI is InChI=1S/C16H24ClN3O2/c1-12-10-19(11-13-5-6-14(17)18-9-13)7-8-20(12)15(21)22-16(2,3)4/h5-6,9,12H,7-8,10-11H2,1-4H3/t12-/m1/s1. The molecule has 2 rings (SSSR count). The number of hydrogen-bond donors (Lipinski definition) is 0. The molecule has 1 amide bonds. The molecule has 0 saturated carbocycles. The second kappa shape index (κ2) is 6.84. The summed E-state index contributed by atoms with van der Waals surface area (Å²) in [5.41, 5.74) is 0.672. The van der Waals surface area contributed by atoms with E-state index in [0.717, 1.165) is 25.2 Å². The Balaban J connectivity index is 1.89. The average molecular weight is 326 g/mol. The van der Waals surface area contributed by atoms with Gasteiger partial charge in [-0.15, -0.1) is 0 Å². The Hall–Kier alpha value is -1.33. The normalized spacial score (nSPS) is 20.0. The second-order valence-electron chi connectivity index (χ2n) is 6.75. The molecular weight excluding hydrogens is 302 g/mol. The van der Waals surface area contributed by atoms with Crippen molar-refractivity contribution in [2.45, 2.75) is 45.9 Å². The molecule has 0 unspecified atom stereocenters. The lowest BCUT2D eigenvalue weighted by Crippen LogP contribution is -2.54. The van der Waals surface area contributed by atoms with Crippen LogP contribution in [0.5, 0.6) is 0 Å². The minimum absolute atomic E-state index is 0.129. The van der Waals surface area contributed by atoms with E-state index in [4.69, 9.17) is 16.3 Å². The molecule has 0 spiro atoms. The summed E-state index contributed by atoms with van der Waals surface area (Å²) in [6, 6.07) is 3.92. The summed E-state index contributed by atoms with van der Waals surface area (Å²) in [6.07, 6.45) is 1.57. The van der Waals surface area contributed by atoms with Crippen molar-refractivity contribution in [2.24, 2.45) is 0 Å². The molecule has 1 atom stereocenters. The van der Waals surface area contributed by atoms with Crippen LogP contribution in [0.1, 0.15) is 33.3 Å². The van der Waals surface area contributed by atoms with Gasteiger partial charge in [-0.2, -0.15) is 0 Å². The minimum Gasteiger partial charge on any atom is -0.444 e. The number of pyridine rings is 1. The number of hydrogen-bond acceptors (Lipinski definition) is 4. The van der Waals surface area contributed by atoms with Crippen LogP contribution in [0.25, 0.3) is 0 Å². The largest absolute Gasteiger partial charge is 0.444 e. The Bertz CT molecular complexity index is 513. The predicted octanol–water partition coefficient (Wildman–Crippen LogP) is 3.18. The van der Waals surface area contributed by atoms with E-state index in [9.17, 15) is 4.79 Å². The second-order valence-corrected chi connectivity index (χ2v) is 7.13. The van der Waals surface area contributed by atoms with Gasteiger partial charge in [-0.3, -0.25) is 4.90 Å². The summed E-state index contributed by atoms with van der Waals surface area (Å²) in [4.78, 5) is 20.4. The monoisotopic (exact) mass is 325 g/mol. The number of halogens is 1. The van der Waals surface area contributed by atoms with Gasteiger partial charge in [-0.05, 0) is 39.3 Å². The van der Waals surface area contributed by atoms with E-state index in [1.807, 2.05) is 31.7 Å². The van der Waals surface area contributed by atoms with Gasteiger partial charge >= 0.3 is 6.09 Å². The van der Waals surface area contributed by atoms with Gasteiger partial charge in [0, 0.05) is 38.4 Å². The maximum absolute atomic E-state index is 12.2. The van der Waals surface area contributed by atoms with Crippen molar-refractivity contribution in [1.82, 2.24) is 14.8 Å². The van der Waals surface area contributed by atoms with Crippen molar-refractivity contribution in [3.8, 4) is 0 Å². The molecule has 1 aromatic heterocycles. The van der Waals surface area contributed by atoms with E-state index >= 15 is 0 Å². The first-order valence-electron chi connectivity index (χ1n) is 7.57. The summed E-state index contributed by atoms with van der Waals surface area (Å²) in [6.45, 7) is 10.9. The summed E-state index contributed by atoms with van der Waals surface area (Å²) >= 11 is 5.80. The van der Waals surface area contributed by atoms with Crippen LogP contribution in [0, 0.1) is 0 Å². The number of rotatable bonds is 2. The maximum atomic E-state index is 12.2. The molecule has 122 valence electrons. The first-order chi connectivity index (χ1) is 10.2. The van der Waals surface area contributed by atoms with Crippen LogP contribution in [-0.2, 0) is 11.3 Å². The Labute approximate surface area is 137 Å². The van der Waals surface area contributed by atoms with Crippen molar-refractivity contribution < 1.29 is 9.53 Å². The fourth-order valence-corrected chi connectivity index (χ4v) is 2.64. The summed E-state index contributed by atoms with van der Waals surface area (Å²) in [7, 11) is 0. The number of aromatic nitrogens is 1. The molecule has 6 heteroatoms. The zero-order chi connectivity index (χ0) is 16.3. The first kappa shape index (κ1) is 17.0. The highest BCUT2D eigenvalue weighted by Crippen LogP contribution is 2.17. The number of ether oxygens (including phenoxy) is 1. The Kier molecular flexibility index (Phi) is 5.29. The van der Waals surface area contributed by atoms with Crippen LogP contribution in [0.15, 0.2) is 18.3 Å². The van der Waals surface area contributed by atoms with Gasteiger partial charge in [0.05, 0.1) is 0 Å². The van der Waals surface area contributed by atoms with Gasteiger partial charge in [-0.25, -0.2) is 9.78 Å². The van der Waals surface area contributed by atoms with E-state index in [0.29, 0.717) is 11.7 Å².